The molecule has 12 heavy (non-hydrogen) atoms. The number of hydrogen-bond donors (Lipinski definition) is 1. The molecule has 0 spiro atoms. The van der Waals surface area contributed by atoms with Crippen LogP contribution in [0.1, 0.15) is 22.8 Å². The number of hydrogen-bond acceptors (Lipinski definition) is 2. The van der Waals surface area contributed by atoms with Gasteiger partial charge in [-0.05, 0) is 19.9 Å². The van der Waals surface area contributed by atoms with Crippen LogP contribution in [0, 0.1) is 6.92 Å². The van der Waals surface area contributed by atoms with E-state index < -0.39 is 6.10 Å². The monoisotopic (exact) mass is 164 g/mol. The smallest absolute Gasteiger partial charge is 0.190 e. The van der Waals surface area contributed by atoms with Crippen LogP contribution < -0.4 is 0 Å². The Bertz CT molecular complexity index is 290. The zero-order chi connectivity index (χ0) is 9.14. The number of rotatable bonds is 2. The standard InChI is InChI=1S/C10H12O2/c1-7-4-3-5-9(6-7)10(12)8(2)11/h3-6,8,11H,1-2H3. The average Bonchev–Trinajstić information content (AvgIpc) is 2.03. The lowest BCUT2D eigenvalue weighted by Gasteiger charge is -2.03. The van der Waals surface area contributed by atoms with Gasteiger partial charge in [0.05, 0.1) is 0 Å². The van der Waals surface area contributed by atoms with Crippen molar-refractivity contribution in [2.75, 3.05) is 0 Å². The first-order chi connectivity index (χ1) is 5.61. The molecule has 0 aliphatic heterocycles. The van der Waals surface area contributed by atoms with Crippen molar-refractivity contribution in [2.24, 2.45) is 0 Å². The van der Waals surface area contributed by atoms with Gasteiger partial charge >= 0.3 is 0 Å². The fourth-order valence-electron chi connectivity index (χ4n) is 1.04. The first-order valence-corrected chi connectivity index (χ1v) is 3.90. The summed E-state index contributed by atoms with van der Waals surface area (Å²) in [7, 11) is 0. The van der Waals surface area contributed by atoms with Crippen LogP contribution >= 0.6 is 0 Å². The van der Waals surface area contributed by atoms with Crippen molar-refractivity contribution < 1.29 is 9.90 Å². The SMILES string of the molecule is Cc1cccc(C(=O)C(C)O)c1. The maximum absolute atomic E-state index is 11.2. The molecule has 1 rings (SSSR count). The summed E-state index contributed by atoms with van der Waals surface area (Å²) >= 11 is 0. The first kappa shape index (κ1) is 8.94. The van der Waals surface area contributed by atoms with Crippen molar-refractivity contribution in [3.8, 4) is 0 Å². The molecule has 64 valence electrons. The van der Waals surface area contributed by atoms with E-state index in [0.717, 1.165) is 5.56 Å². The molecule has 0 aliphatic carbocycles. The summed E-state index contributed by atoms with van der Waals surface area (Å²) in [5, 5.41) is 9.02. The Hall–Kier alpha value is -1.15. The molecule has 2 heteroatoms. The van der Waals surface area contributed by atoms with Crippen molar-refractivity contribution >= 4 is 5.78 Å². The topological polar surface area (TPSA) is 37.3 Å². The van der Waals surface area contributed by atoms with Crippen LogP contribution in [0.2, 0.25) is 0 Å². The van der Waals surface area contributed by atoms with Gasteiger partial charge in [-0.25, -0.2) is 0 Å². The van der Waals surface area contributed by atoms with Crippen molar-refractivity contribution in [2.45, 2.75) is 20.0 Å². The third-order valence-corrected chi connectivity index (χ3v) is 1.68. The number of ketones is 1. The van der Waals surface area contributed by atoms with E-state index in [-0.39, 0.29) is 5.78 Å². The molecule has 0 bridgehead atoms. The summed E-state index contributed by atoms with van der Waals surface area (Å²) in [6.45, 7) is 3.39. The van der Waals surface area contributed by atoms with Crippen molar-refractivity contribution in [3.63, 3.8) is 0 Å². The van der Waals surface area contributed by atoms with Crippen LogP contribution in [0.3, 0.4) is 0 Å². The lowest BCUT2D eigenvalue weighted by molar-refractivity contribution is 0.0779. The molecule has 1 aromatic rings. The number of aliphatic hydroxyl groups is 1. The molecule has 0 amide bonds. The average molecular weight is 164 g/mol. The van der Waals surface area contributed by atoms with E-state index >= 15 is 0 Å². The summed E-state index contributed by atoms with van der Waals surface area (Å²) in [4.78, 5) is 11.2. The Kier molecular flexibility index (Phi) is 2.61. The van der Waals surface area contributed by atoms with E-state index in [9.17, 15) is 4.79 Å². The van der Waals surface area contributed by atoms with Gasteiger partial charge in [0.1, 0.15) is 6.10 Å². The van der Waals surface area contributed by atoms with E-state index in [1.165, 1.54) is 6.92 Å². The summed E-state index contributed by atoms with van der Waals surface area (Å²) in [5.74, 6) is -0.223. The highest BCUT2D eigenvalue weighted by molar-refractivity contribution is 5.99. The summed E-state index contributed by atoms with van der Waals surface area (Å²) in [5.41, 5.74) is 1.60. The number of Topliss-reactive ketones (excluding diaryl/α,β-unsaturated/α-hetero) is 1. The molecule has 0 fully saturated rings. The molecule has 0 saturated heterocycles. The number of aliphatic hydroxyl groups excluding tert-OH is 1. The van der Waals surface area contributed by atoms with Crippen LogP contribution in [-0.4, -0.2) is 17.0 Å². The maximum atomic E-state index is 11.2. The van der Waals surface area contributed by atoms with E-state index in [0.29, 0.717) is 5.56 Å². The lowest BCUT2D eigenvalue weighted by atomic mass is 10.1. The van der Waals surface area contributed by atoms with Crippen LogP contribution in [0.5, 0.6) is 0 Å². The Morgan fingerprint density at radius 2 is 2.17 bits per heavy atom. The molecule has 2 nitrogen and oxygen atoms in total. The first-order valence-electron chi connectivity index (χ1n) is 3.90. The van der Waals surface area contributed by atoms with E-state index in [2.05, 4.69) is 0 Å². The van der Waals surface area contributed by atoms with E-state index in [4.69, 9.17) is 5.11 Å². The predicted molar refractivity (Wildman–Crippen MR) is 47.2 cm³/mol. The van der Waals surface area contributed by atoms with Gasteiger partial charge in [-0.15, -0.1) is 0 Å². The minimum Gasteiger partial charge on any atom is -0.385 e. The lowest BCUT2D eigenvalue weighted by Crippen LogP contribution is -2.15. The summed E-state index contributed by atoms with van der Waals surface area (Å²) in [6, 6.07) is 7.21. The highest BCUT2D eigenvalue weighted by atomic mass is 16.3. The summed E-state index contributed by atoms with van der Waals surface area (Å²) < 4.78 is 0. The molecule has 0 aliphatic rings. The van der Waals surface area contributed by atoms with Gasteiger partial charge in [0.15, 0.2) is 5.78 Å². The molecule has 0 radical (unpaired) electrons. The minimum absolute atomic E-state index is 0.223. The van der Waals surface area contributed by atoms with E-state index in [1.807, 2.05) is 19.1 Å². The largest absolute Gasteiger partial charge is 0.385 e. The fourth-order valence-corrected chi connectivity index (χ4v) is 1.04. The Morgan fingerprint density at radius 3 is 2.67 bits per heavy atom. The zero-order valence-corrected chi connectivity index (χ0v) is 7.24. The van der Waals surface area contributed by atoms with Crippen LogP contribution in [0.15, 0.2) is 24.3 Å². The quantitative estimate of drug-likeness (QED) is 0.673. The van der Waals surface area contributed by atoms with Crippen molar-refractivity contribution in [1.82, 2.24) is 0 Å². The van der Waals surface area contributed by atoms with Gasteiger partial charge in [0, 0.05) is 5.56 Å². The zero-order valence-electron chi connectivity index (χ0n) is 7.24. The highest BCUT2D eigenvalue weighted by Crippen LogP contribution is 2.06. The van der Waals surface area contributed by atoms with Gasteiger partial charge in [-0.3, -0.25) is 4.79 Å². The number of aryl methyl sites for hydroxylation is 1. The molecule has 0 aromatic heterocycles. The molecular formula is C10H12O2. The Balaban J connectivity index is 2.96. The number of carbonyl (C=O) groups is 1. The van der Waals surface area contributed by atoms with Gasteiger partial charge in [-0.1, -0.05) is 23.8 Å². The molecule has 0 saturated carbocycles. The Morgan fingerprint density at radius 1 is 1.50 bits per heavy atom. The molecule has 1 aromatic carbocycles. The van der Waals surface area contributed by atoms with Crippen molar-refractivity contribution in [1.29, 1.82) is 0 Å². The van der Waals surface area contributed by atoms with Gasteiger partial charge < -0.3 is 5.11 Å². The predicted octanol–water partition coefficient (Wildman–Crippen LogP) is 1.56. The second-order valence-corrected chi connectivity index (χ2v) is 2.91. The maximum Gasteiger partial charge on any atom is 0.190 e. The van der Waals surface area contributed by atoms with Crippen molar-refractivity contribution in [3.05, 3.63) is 35.4 Å². The van der Waals surface area contributed by atoms with Crippen LogP contribution in [-0.2, 0) is 0 Å². The second-order valence-electron chi connectivity index (χ2n) is 2.91. The van der Waals surface area contributed by atoms with Gasteiger partial charge in [0.2, 0.25) is 0 Å². The normalized spacial score (nSPS) is 12.6. The van der Waals surface area contributed by atoms with E-state index in [1.54, 1.807) is 12.1 Å². The molecular weight excluding hydrogens is 152 g/mol. The molecule has 0 heterocycles. The fraction of sp³-hybridized carbons (Fsp3) is 0.300. The minimum atomic E-state index is -0.910. The third kappa shape index (κ3) is 1.92. The molecule has 1 unspecified atom stereocenters. The summed E-state index contributed by atoms with van der Waals surface area (Å²) in [6.07, 6.45) is -0.910. The van der Waals surface area contributed by atoms with Crippen LogP contribution in [0.4, 0.5) is 0 Å². The van der Waals surface area contributed by atoms with Crippen LogP contribution in [0.25, 0.3) is 0 Å². The number of carbonyl (C=O) groups excluding carboxylic acids is 1. The second kappa shape index (κ2) is 3.50. The highest BCUT2D eigenvalue weighted by Gasteiger charge is 2.10. The number of benzene rings is 1. The third-order valence-electron chi connectivity index (χ3n) is 1.68. The molecule has 1 atom stereocenters. The molecule has 1 N–H and O–H groups in total. The Labute approximate surface area is 71.8 Å². The van der Waals surface area contributed by atoms with Gasteiger partial charge in [-0.2, -0.15) is 0 Å². The van der Waals surface area contributed by atoms with Gasteiger partial charge in [0.25, 0.3) is 0 Å².